The molecule has 18 heavy (non-hydrogen) atoms. The van der Waals surface area contributed by atoms with Gasteiger partial charge in [-0.15, -0.1) is 16.7 Å². The highest BCUT2D eigenvalue weighted by Crippen LogP contribution is 2.06. The lowest BCUT2D eigenvalue weighted by atomic mass is 10.3. The Kier molecular flexibility index (Phi) is 4.16. The van der Waals surface area contributed by atoms with Crippen molar-refractivity contribution in [3.8, 4) is 0 Å². The summed E-state index contributed by atoms with van der Waals surface area (Å²) in [7, 11) is 1.61. The van der Waals surface area contributed by atoms with Gasteiger partial charge in [0.2, 0.25) is 0 Å². The number of aromatic amines is 1. The van der Waals surface area contributed by atoms with Gasteiger partial charge in [0.1, 0.15) is 5.82 Å². The SMILES string of the molecule is COCC(Cl)CCNc1ccc2n[nH]c(=O)n2n1. The van der Waals surface area contributed by atoms with E-state index in [0.717, 1.165) is 6.42 Å². The minimum Gasteiger partial charge on any atom is -0.383 e. The molecule has 98 valence electrons. The normalized spacial score (nSPS) is 12.8. The van der Waals surface area contributed by atoms with E-state index in [1.807, 2.05) is 0 Å². The van der Waals surface area contributed by atoms with Gasteiger partial charge in [0.25, 0.3) is 0 Å². The molecule has 1 atom stereocenters. The van der Waals surface area contributed by atoms with E-state index < -0.39 is 0 Å². The molecule has 0 aliphatic heterocycles. The predicted molar refractivity (Wildman–Crippen MR) is 68.2 cm³/mol. The zero-order valence-corrected chi connectivity index (χ0v) is 10.6. The largest absolute Gasteiger partial charge is 0.383 e. The Bertz CT molecular complexity index is 567. The van der Waals surface area contributed by atoms with Crippen LogP contribution in [0.5, 0.6) is 0 Å². The lowest BCUT2D eigenvalue weighted by molar-refractivity contribution is 0.196. The molecule has 2 aromatic rings. The molecule has 0 radical (unpaired) electrons. The molecule has 7 nitrogen and oxygen atoms in total. The second-order valence-corrected chi connectivity index (χ2v) is 4.40. The number of hydrogen-bond donors (Lipinski definition) is 2. The summed E-state index contributed by atoms with van der Waals surface area (Å²) in [6.45, 7) is 1.17. The third kappa shape index (κ3) is 2.99. The van der Waals surface area contributed by atoms with E-state index in [2.05, 4.69) is 20.6 Å². The van der Waals surface area contributed by atoms with Gasteiger partial charge in [-0.25, -0.2) is 9.89 Å². The number of methoxy groups -OCH3 is 1. The smallest absolute Gasteiger partial charge is 0.364 e. The molecule has 0 aromatic carbocycles. The number of aromatic nitrogens is 4. The van der Waals surface area contributed by atoms with Crippen molar-refractivity contribution in [2.75, 3.05) is 25.6 Å². The Labute approximate surface area is 108 Å². The van der Waals surface area contributed by atoms with Gasteiger partial charge in [-0.1, -0.05) is 0 Å². The fourth-order valence-electron chi connectivity index (χ4n) is 1.52. The zero-order valence-electron chi connectivity index (χ0n) is 9.89. The molecule has 2 rings (SSSR count). The van der Waals surface area contributed by atoms with E-state index >= 15 is 0 Å². The maximum absolute atomic E-state index is 11.3. The molecular formula is C10H14ClN5O2. The summed E-state index contributed by atoms with van der Waals surface area (Å²) in [5.74, 6) is 0.604. The van der Waals surface area contributed by atoms with Crippen molar-refractivity contribution in [1.82, 2.24) is 19.8 Å². The standard InChI is InChI=1S/C10H14ClN5O2/c1-18-6-7(11)4-5-12-8-2-3-9-13-14-10(17)16(9)15-8/h2-3,7H,4-6H2,1H3,(H,12,15)(H,14,17). The number of H-pyrrole nitrogens is 1. The highest BCUT2D eigenvalue weighted by molar-refractivity contribution is 6.20. The quantitative estimate of drug-likeness (QED) is 0.746. The topological polar surface area (TPSA) is 84.3 Å². The summed E-state index contributed by atoms with van der Waals surface area (Å²) in [5.41, 5.74) is 0.128. The van der Waals surface area contributed by atoms with Crippen LogP contribution in [0.15, 0.2) is 16.9 Å². The first-order chi connectivity index (χ1) is 8.70. The molecular weight excluding hydrogens is 258 g/mol. The second-order valence-electron chi connectivity index (χ2n) is 3.79. The lowest BCUT2D eigenvalue weighted by Crippen LogP contribution is -2.16. The Morgan fingerprint density at radius 2 is 2.44 bits per heavy atom. The molecule has 0 saturated heterocycles. The van der Waals surface area contributed by atoms with Crippen LogP contribution in [0.1, 0.15) is 6.42 Å². The van der Waals surface area contributed by atoms with Crippen molar-refractivity contribution >= 4 is 23.1 Å². The summed E-state index contributed by atoms with van der Waals surface area (Å²) in [5, 5.41) is 13.3. The van der Waals surface area contributed by atoms with Gasteiger partial charge in [0, 0.05) is 13.7 Å². The van der Waals surface area contributed by atoms with Crippen LogP contribution in [-0.4, -0.2) is 45.4 Å². The summed E-state index contributed by atoms with van der Waals surface area (Å²) in [4.78, 5) is 11.3. The number of nitrogens with zero attached hydrogens (tertiary/aromatic N) is 3. The van der Waals surface area contributed by atoms with Gasteiger partial charge in [-0.2, -0.15) is 9.61 Å². The van der Waals surface area contributed by atoms with Crippen LogP contribution in [0.3, 0.4) is 0 Å². The molecule has 2 heterocycles. The van der Waals surface area contributed by atoms with Crippen LogP contribution < -0.4 is 11.0 Å². The van der Waals surface area contributed by atoms with Gasteiger partial charge in [0.15, 0.2) is 5.65 Å². The second kappa shape index (κ2) is 5.83. The Morgan fingerprint density at radius 1 is 1.61 bits per heavy atom. The van der Waals surface area contributed by atoms with E-state index in [-0.39, 0.29) is 11.1 Å². The monoisotopic (exact) mass is 271 g/mol. The predicted octanol–water partition coefficient (Wildman–Crippen LogP) is 0.473. The first-order valence-electron chi connectivity index (χ1n) is 5.52. The minimum absolute atomic E-state index is 0.0390. The molecule has 0 aliphatic rings. The Hall–Kier alpha value is -1.60. The van der Waals surface area contributed by atoms with Crippen molar-refractivity contribution in [2.24, 2.45) is 0 Å². The molecule has 0 aliphatic carbocycles. The Balaban J connectivity index is 1.95. The zero-order chi connectivity index (χ0) is 13.0. The number of nitrogens with one attached hydrogen (secondary N) is 2. The average Bonchev–Trinajstić information content (AvgIpc) is 2.71. The van der Waals surface area contributed by atoms with Crippen molar-refractivity contribution in [3.05, 3.63) is 22.6 Å². The average molecular weight is 272 g/mol. The number of rotatable bonds is 6. The van der Waals surface area contributed by atoms with E-state index in [0.29, 0.717) is 24.6 Å². The van der Waals surface area contributed by atoms with Crippen LogP contribution >= 0.6 is 11.6 Å². The maximum Gasteiger partial charge on any atom is 0.364 e. The van der Waals surface area contributed by atoms with E-state index in [1.165, 1.54) is 4.52 Å². The van der Waals surface area contributed by atoms with Gasteiger partial charge < -0.3 is 10.1 Å². The number of alkyl halides is 1. The molecule has 0 fully saturated rings. The van der Waals surface area contributed by atoms with E-state index in [9.17, 15) is 4.79 Å². The van der Waals surface area contributed by atoms with Gasteiger partial charge in [-0.3, -0.25) is 0 Å². The third-order valence-electron chi connectivity index (χ3n) is 2.38. The highest BCUT2D eigenvalue weighted by atomic mass is 35.5. The number of ether oxygens (including phenoxy) is 1. The minimum atomic E-state index is -0.358. The van der Waals surface area contributed by atoms with Crippen molar-refractivity contribution in [2.45, 2.75) is 11.8 Å². The van der Waals surface area contributed by atoms with Crippen LogP contribution in [-0.2, 0) is 4.74 Å². The molecule has 2 aromatic heterocycles. The number of halogens is 1. The number of hydrogen-bond acceptors (Lipinski definition) is 5. The first kappa shape index (κ1) is 12.8. The summed E-state index contributed by atoms with van der Waals surface area (Å²) >= 11 is 5.99. The number of fused-ring (bicyclic) bond motifs is 1. The van der Waals surface area contributed by atoms with Crippen LogP contribution in [0.4, 0.5) is 5.82 Å². The molecule has 0 spiro atoms. The first-order valence-corrected chi connectivity index (χ1v) is 5.95. The molecule has 0 amide bonds. The summed E-state index contributed by atoms with van der Waals surface area (Å²) in [6.07, 6.45) is 0.745. The number of anilines is 1. The van der Waals surface area contributed by atoms with Crippen LogP contribution in [0.25, 0.3) is 5.65 Å². The van der Waals surface area contributed by atoms with Crippen molar-refractivity contribution in [1.29, 1.82) is 0 Å². The summed E-state index contributed by atoms with van der Waals surface area (Å²) in [6, 6.07) is 3.47. The van der Waals surface area contributed by atoms with Crippen molar-refractivity contribution < 1.29 is 4.74 Å². The van der Waals surface area contributed by atoms with Crippen molar-refractivity contribution in [3.63, 3.8) is 0 Å². The molecule has 8 heteroatoms. The van der Waals surface area contributed by atoms with Gasteiger partial charge in [-0.05, 0) is 18.6 Å². The van der Waals surface area contributed by atoms with Crippen LogP contribution in [0, 0.1) is 0 Å². The van der Waals surface area contributed by atoms with E-state index in [1.54, 1.807) is 19.2 Å². The third-order valence-corrected chi connectivity index (χ3v) is 2.73. The Morgan fingerprint density at radius 3 is 3.22 bits per heavy atom. The maximum atomic E-state index is 11.3. The lowest BCUT2D eigenvalue weighted by Gasteiger charge is -2.09. The molecule has 2 N–H and O–H groups in total. The van der Waals surface area contributed by atoms with Gasteiger partial charge >= 0.3 is 5.69 Å². The van der Waals surface area contributed by atoms with Crippen LogP contribution in [0.2, 0.25) is 0 Å². The van der Waals surface area contributed by atoms with Gasteiger partial charge in [0.05, 0.1) is 12.0 Å². The molecule has 0 bridgehead atoms. The molecule has 0 saturated carbocycles. The molecule has 1 unspecified atom stereocenters. The highest BCUT2D eigenvalue weighted by Gasteiger charge is 2.05. The van der Waals surface area contributed by atoms with E-state index in [4.69, 9.17) is 16.3 Å². The fraction of sp³-hybridized carbons (Fsp3) is 0.500. The summed E-state index contributed by atoms with van der Waals surface area (Å²) < 4.78 is 6.14. The fourth-order valence-corrected chi connectivity index (χ4v) is 1.75.